The largest absolute Gasteiger partial charge is 0.497 e. The van der Waals surface area contributed by atoms with Gasteiger partial charge < -0.3 is 15.6 Å². The van der Waals surface area contributed by atoms with E-state index in [0.717, 1.165) is 26.1 Å². The van der Waals surface area contributed by atoms with E-state index in [9.17, 15) is 31.2 Å². The summed E-state index contributed by atoms with van der Waals surface area (Å²) in [5.74, 6) is -3.06. The van der Waals surface area contributed by atoms with Crippen LogP contribution in [0.3, 0.4) is 0 Å². The van der Waals surface area contributed by atoms with E-state index in [4.69, 9.17) is 20.4 Å². The predicted octanol–water partition coefficient (Wildman–Crippen LogP) is 3.29. The molecule has 2 aliphatic heterocycles. The van der Waals surface area contributed by atoms with E-state index in [1.54, 1.807) is 33.9 Å². The van der Waals surface area contributed by atoms with Crippen LogP contribution in [-0.2, 0) is 37.4 Å². The molecule has 0 saturated heterocycles. The minimum absolute atomic E-state index is 0.0215. The molecule has 1 atom stereocenters. The number of sulfonamides is 1. The van der Waals surface area contributed by atoms with Gasteiger partial charge in [-0.25, -0.2) is 17.5 Å². The number of ether oxygens (including phenoxy) is 1. The third-order valence-corrected chi connectivity index (χ3v) is 9.50. The molecule has 0 fully saturated rings. The number of amides is 2. The van der Waals surface area contributed by atoms with Crippen LogP contribution in [0.5, 0.6) is 5.75 Å². The van der Waals surface area contributed by atoms with E-state index in [1.807, 2.05) is 29.2 Å². The molecule has 0 saturated carbocycles. The molecule has 2 amide bonds. The standard InChI is InChI=1S/C23H27N3O5S2.C2HF3O2/c1-23(2,3)26-19(27)12-18(33(26,29)30)17-11-15-9-10-25(20(22(24)28)21(15)32-17)13-14-5-7-16(31-4)8-6-14;3-2(4,5)1(6)7/h5-8,11-12,20H,9-10,13H2,1-4H3,(H2,24,28);(H,6,7). The fraction of sp³-hybridized carbons (Fsp3) is 0.400. The molecule has 1 aromatic carbocycles. The SMILES string of the molecule is COc1ccc(CN2CCc3cc(C4=CC(=O)N(C(C)(C)C)S4(=O)=O)sc3C2C(N)=O)cc1.O=C(O)C(F)(F)F. The third kappa shape index (κ3) is 6.47. The van der Waals surface area contributed by atoms with Crippen molar-refractivity contribution in [2.45, 2.75) is 51.5 Å². The number of carboxylic acid groups (broad SMARTS) is 1. The Balaban J connectivity index is 0.000000559. The van der Waals surface area contributed by atoms with Crippen molar-refractivity contribution < 1.29 is 45.8 Å². The van der Waals surface area contributed by atoms with Gasteiger partial charge in [-0.05, 0) is 56.5 Å². The predicted molar refractivity (Wildman–Crippen MR) is 141 cm³/mol. The molecule has 3 N–H and O–H groups in total. The zero-order valence-electron chi connectivity index (χ0n) is 22.0. The molecule has 1 aromatic heterocycles. The van der Waals surface area contributed by atoms with E-state index in [-0.39, 0.29) is 4.91 Å². The molecule has 0 spiro atoms. The van der Waals surface area contributed by atoms with Crippen LogP contribution in [0.15, 0.2) is 36.4 Å². The number of carbonyl (C=O) groups is 3. The summed E-state index contributed by atoms with van der Waals surface area (Å²) < 4.78 is 64.2. The molecule has 218 valence electrons. The lowest BCUT2D eigenvalue weighted by Gasteiger charge is -2.33. The van der Waals surface area contributed by atoms with Gasteiger partial charge >= 0.3 is 12.1 Å². The Morgan fingerprint density at radius 2 is 1.75 bits per heavy atom. The van der Waals surface area contributed by atoms with Crippen molar-refractivity contribution in [3.63, 3.8) is 0 Å². The van der Waals surface area contributed by atoms with Gasteiger partial charge in [0.1, 0.15) is 16.7 Å². The molecule has 40 heavy (non-hydrogen) atoms. The molecule has 2 aliphatic rings. The second kappa shape index (κ2) is 11.2. The molecule has 10 nitrogen and oxygen atoms in total. The Hall–Kier alpha value is -3.43. The summed E-state index contributed by atoms with van der Waals surface area (Å²) in [5.41, 5.74) is 6.82. The van der Waals surface area contributed by atoms with Gasteiger partial charge in [0.05, 0.1) is 12.6 Å². The summed E-state index contributed by atoms with van der Waals surface area (Å²) in [5, 5.41) is 7.12. The lowest BCUT2D eigenvalue weighted by atomic mass is 9.99. The second-order valence-corrected chi connectivity index (χ2v) is 12.8. The number of aliphatic carboxylic acids is 1. The quantitative estimate of drug-likeness (QED) is 0.529. The minimum atomic E-state index is -5.08. The van der Waals surface area contributed by atoms with Gasteiger partial charge in [0.2, 0.25) is 5.91 Å². The second-order valence-electron chi connectivity index (χ2n) is 9.96. The van der Waals surface area contributed by atoms with Gasteiger partial charge in [-0.1, -0.05) is 12.1 Å². The number of halogens is 3. The average Bonchev–Trinajstić information content (AvgIpc) is 3.35. The summed E-state index contributed by atoms with van der Waals surface area (Å²) in [4.78, 5) is 37.1. The number of nitrogens with two attached hydrogens (primary N) is 1. The number of alkyl halides is 3. The summed E-state index contributed by atoms with van der Waals surface area (Å²) in [6.45, 7) is 6.15. The van der Waals surface area contributed by atoms with Crippen LogP contribution in [0.25, 0.3) is 4.91 Å². The Kier molecular flexibility index (Phi) is 8.72. The Bertz CT molecular complexity index is 1440. The van der Waals surface area contributed by atoms with Crippen LogP contribution in [0.1, 0.15) is 47.7 Å². The number of primary amides is 1. The number of hydrogen-bond donors (Lipinski definition) is 2. The van der Waals surface area contributed by atoms with Gasteiger partial charge in [-0.3, -0.25) is 14.5 Å². The molecule has 0 aliphatic carbocycles. The maximum atomic E-state index is 13.2. The van der Waals surface area contributed by atoms with Gasteiger partial charge in [-0.15, -0.1) is 11.3 Å². The maximum Gasteiger partial charge on any atom is 0.490 e. The summed E-state index contributed by atoms with van der Waals surface area (Å²) >= 11 is 1.22. The van der Waals surface area contributed by atoms with Crippen molar-refractivity contribution in [2.24, 2.45) is 5.73 Å². The van der Waals surface area contributed by atoms with Crippen molar-refractivity contribution in [1.29, 1.82) is 0 Å². The number of carboxylic acids is 1. The zero-order chi connectivity index (χ0) is 30.2. The molecule has 4 rings (SSSR count). The smallest absolute Gasteiger partial charge is 0.490 e. The number of methoxy groups -OCH3 is 1. The highest BCUT2D eigenvalue weighted by Crippen LogP contribution is 2.43. The maximum absolute atomic E-state index is 13.2. The lowest BCUT2D eigenvalue weighted by Crippen LogP contribution is -2.45. The molecule has 0 radical (unpaired) electrons. The van der Waals surface area contributed by atoms with Gasteiger partial charge in [0.15, 0.2) is 0 Å². The summed E-state index contributed by atoms with van der Waals surface area (Å²) in [6, 6.07) is 8.71. The van der Waals surface area contributed by atoms with Crippen molar-refractivity contribution in [2.75, 3.05) is 13.7 Å². The Morgan fingerprint density at radius 1 is 1.18 bits per heavy atom. The van der Waals surface area contributed by atoms with Crippen LogP contribution in [0.2, 0.25) is 0 Å². The van der Waals surface area contributed by atoms with E-state index in [0.29, 0.717) is 24.4 Å². The lowest BCUT2D eigenvalue weighted by molar-refractivity contribution is -0.192. The first-order chi connectivity index (χ1) is 18.4. The first kappa shape index (κ1) is 31.1. The number of nitrogens with zero attached hydrogens (tertiary/aromatic N) is 2. The number of thiophene rings is 1. The highest BCUT2D eigenvalue weighted by atomic mass is 32.2. The summed E-state index contributed by atoms with van der Waals surface area (Å²) in [6.07, 6.45) is -3.26. The minimum Gasteiger partial charge on any atom is -0.497 e. The molecule has 1 unspecified atom stereocenters. The van der Waals surface area contributed by atoms with Gasteiger partial charge in [0.25, 0.3) is 15.9 Å². The van der Waals surface area contributed by atoms with Crippen LogP contribution in [0.4, 0.5) is 13.2 Å². The molecule has 3 heterocycles. The van der Waals surface area contributed by atoms with Crippen molar-refractivity contribution >= 4 is 44.0 Å². The van der Waals surface area contributed by atoms with E-state index < -0.39 is 45.6 Å². The van der Waals surface area contributed by atoms with E-state index in [1.165, 1.54) is 17.4 Å². The van der Waals surface area contributed by atoms with Crippen molar-refractivity contribution in [1.82, 2.24) is 9.21 Å². The Morgan fingerprint density at radius 3 is 2.20 bits per heavy atom. The highest BCUT2D eigenvalue weighted by molar-refractivity contribution is 7.99. The molecular formula is C25H28F3N3O7S2. The Labute approximate surface area is 232 Å². The van der Waals surface area contributed by atoms with Crippen LogP contribution < -0.4 is 10.5 Å². The first-order valence-corrected chi connectivity index (χ1v) is 14.0. The van der Waals surface area contributed by atoms with Gasteiger partial charge in [0, 0.05) is 28.9 Å². The number of carbonyl (C=O) groups excluding carboxylic acids is 2. The summed E-state index contributed by atoms with van der Waals surface area (Å²) in [7, 11) is -2.38. The molecule has 0 bridgehead atoms. The molecule has 15 heteroatoms. The van der Waals surface area contributed by atoms with E-state index in [2.05, 4.69) is 0 Å². The molecule has 2 aromatic rings. The third-order valence-electron chi connectivity index (χ3n) is 6.01. The number of fused-ring (bicyclic) bond motifs is 1. The normalized spacial score (nSPS) is 18.9. The fourth-order valence-electron chi connectivity index (χ4n) is 4.35. The zero-order valence-corrected chi connectivity index (χ0v) is 23.6. The average molecular weight is 604 g/mol. The van der Waals surface area contributed by atoms with E-state index >= 15 is 0 Å². The number of hydrogen-bond acceptors (Lipinski definition) is 8. The number of rotatable bonds is 5. The number of benzene rings is 1. The van der Waals surface area contributed by atoms with Gasteiger partial charge in [-0.2, -0.15) is 13.2 Å². The topological polar surface area (TPSA) is 147 Å². The first-order valence-electron chi connectivity index (χ1n) is 11.8. The molecular weight excluding hydrogens is 575 g/mol. The van der Waals surface area contributed by atoms with Crippen LogP contribution in [-0.4, -0.2) is 65.9 Å². The van der Waals surface area contributed by atoms with Crippen molar-refractivity contribution in [3.8, 4) is 5.75 Å². The van der Waals surface area contributed by atoms with Crippen LogP contribution >= 0.6 is 11.3 Å². The van der Waals surface area contributed by atoms with Crippen LogP contribution in [0, 0.1) is 0 Å². The van der Waals surface area contributed by atoms with Crippen molar-refractivity contribution in [3.05, 3.63) is 57.3 Å². The highest BCUT2D eigenvalue weighted by Gasteiger charge is 2.45. The monoisotopic (exact) mass is 603 g/mol. The fourth-order valence-corrected chi connectivity index (χ4v) is 7.82.